The molecule has 0 aromatic rings. The highest BCUT2D eigenvalue weighted by Crippen LogP contribution is 2.19. The minimum absolute atomic E-state index is 0. The summed E-state index contributed by atoms with van der Waals surface area (Å²) in [5.74, 6) is 0.861. The number of rotatable bonds is 4. The number of hydrogen-bond donors (Lipinski definition) is 1. The van der Waals surface area contributed by atoms with E-state index in [9.17, 15) is 4.79 Å². The molecule has 0 aromatic carbocycles. The number of nitrogens with zero attached hydrogens (tertiary/aromatic N) is 1. The molecule has 2 fully saturated rings. The van der Waals surface area contributed by atoms with Crippen molar-refractivity contribution in [3.63, 3.8) is 0 Å². The van der Waals surface area contributed by atoms with E-state index in [0.29, 0.717) is 24.3 Å². The van der Waals surface area contributed by atoms with Gasteiger partial charge in [0, 0.05) is 32.7 Å². The Morgan fingerprint density at radius 2 is 2.22 bits per heavy atom. The first-order valence-electron chi connectivity index (χ1n) is 6.79. The molecular weight excluding hydrogens is 252 g/mol. The normalized spacial score (nSPS) is 27.9. The molecular formula is C13H25ClN2O2. The second kappa shape index (κ2) is 7.97. The quantitative estimate of drug-likeness (QED) is 0.845. The molecule has 0 spiro atoms. The van der Waals surface area contributed by atoms with E-state index >= 15 is 0 Å². The van der Waals surface area contributed by atoms with Crippen LogP contribution in [-0.2, 0) is 9.53 Å². The maximum Gasteiger partial charge on any atom is 0.224 e. The third-order valence-electron chi connectivity index (χ3n) is 3.86. The molecule has 5 heteroatoms. The molecule has 0 aromatic heterocycles. The highest BCUT2D eigenvalue weighted by atomic mass is 35.5. The van der Waals surface area contributed by atoms with Crippen molar-refractivity contribution >= 4 is 18.3 Å². The summed E-state index contributed by atoms with van der Waals surface area (Å²) in [7, 11) is 1.74. The van der Waals surface area contributed by atoms with Crippen molar-refractivity contribution in [3.05, 3.63) is 0 Å². The fraction of sp³-hybridized carbons (Fsp3) is 0.923. The van der Waals surface area contributed by atoms with Crippen molar-refractivity contribution in [2.45, 2.75) is 38.1 Å². The lowest BCUT2D eigenvalue weighted by Gasteiger charge is -2.33. The Kier molecular flexibility index (Phi) is 6.97. The van der Waals surface area contributed by atoms with Crippen LogP contribution in [0, 0.1) is 5.92 Å². The number of ether oxygens (including phenoxy) is 1. The van der Waals surface area contributed by atoms with E-state index in [0.717, 1.165) is 39.1 Å². The lowest BCUT2D eigenvalue weighted by atomic mass is 9.98. The standard InChI is InChI=1S/C13H24N2O2.ClH/c1-17-10-11-4-3-7-15(9-11)13(16)8-12-5-2-6-14-12;/h11-12,14H,2-10H2,1H3;1H. The summed E-state index contributed by atoms with van der Waals surface area (Å²) >= 11 is 0. The number of halogens is 1. The topological polar surface area (TPSA) is 41.6 Å². The molecule has 2 rings (SSSR count). The summed E-state index contributed by atoms with van der Waals surface area (Å²) < 4.78 is 5.19. The summed E-state index contributed by atoms with van der Waals surface area (Å²) in [6, 6.07) is 0.422. The minimum Gasteiger partial charge on any atom is -0.384 e. The number of carbonyl (C=O) groups is 1. The van der Waals surface area contributed by atoms with Gasteiger partial charge in [0.05, 0.1) is 6.61 Å². The Hall–Kier alpha value is -0.320. The van der Waals surface area contributed by atoms with Crippen molar-refractivity contribution in [1.29, 1.82) is 0 Å². The average molecular weight is 277 g/mol. The van der Waals surface area contributed by atoms with Crippen LogP contribution >= 0.6 is 12.4 Å². The number of carbonyl (C=O) groups excluding carboxylic acids is 1. The van der Waals surface area contributed by atoms with E-state index in [4.69, 9.17) is 4.74 Å². The third kappa shape index (κ3) is 4.41. The number of hydrogen-bond acceptors (Lipinski definition) is 3. The molecule has 2 saturated heterocycles. The Bertz CT molecular complexity index is 255. The zero-order chi connectivity index (χ0) is 12.1. The van der Waals surface area contributed by atoms with E-state index in [-0.39, 0.29) is 12.4 Å². The van der Waals surface area contributed by atoms with Crippen LogP contribution in [0.5, 0.6) is 0 Å². The molecule has 1 amide bonds. The fourth-order valence-electron chi connectivity index (χ4n) is 2.93. The summed E-state index contributed by atoms with van der Waals surface area (Å²) in [6.07, 6.45) is 5.36. The van der Waals surface area contributed by atoms with Gasteiger partial charge < -0.3 is 15.0 Å². The molecule has 2 aliphatic rings. The number of nitrogens with one attached hydrogen (secondary N) is 1. The van der Waals surface area contributed by atoms with Crippen molar-refractivity contribution in [2.24, 2.45) is 5.92 Å². The Morgan fingerprint density at radius 3 is 2.89 bits per heavy atom. The Morgan fingerprint density at radius 1 is 1.39 bits per heavy atom. The van der Waals surface area contributed by atoms with E-state index in [1.165, 1.54) is 12.8 Å². The molecule has 0 aliphatic carbocycles. The number of piperidine rings is 1. The molecule has 1 N–H and O–H groups in total. The number of methoxy groups -OCH3 is 1. The SMILES string of the molecule is COCC1CCCN(C(=O)CC2CCCN2)C1.Cl. The van der Waals surface area contributed by atoms with Crippen molar-refractivity contribution in [2.75, 3.05) is 33.4 Å². The molecule has 2 aliphatic heterocycles. The first-order chi connectivity index (χ1) is 8.29. The number of amides is 1. The fourth-order valence-corrected chi connectivity index (χ4v) is 2.93. The van der Waals surface area contributed by atoms with Gasteiger partial charge in [0.25, 0.3) is 0 Å². The summed E-state index contributed by atoms with van der Waals surface area (Å²) in [4.78, 5) is 14.2. The van der Waals surface area contributed by atoms with Crippen LogP contribution in [0.25, 0.3) is 0 Å². The maximum atomic E-state index is 12.1. The van der Waals surface area contributed by atoms with E-state index < -0.39 is 0 Å². The zero-order valence-corrected chi connectivity index (χ0v) is 12.0. The molecule has 0 radical (unpaired) electrons. The predicted octanol–water partition coefficient (Wildman–Crippen LogP) is 1.44. The first-order valence-corrected chi connectivity index (χ1v) is 6.79. The van der Waals surface area contributed by atoms with Gasteiger partial charge in [-0.15, -0.1) is 12.4 Å². The molecule has 0 saturated carbocycles. The molecule has 2 atom stereocenters. The lowest BCUT2D eigenvalue weighted by molar-refractivity contribution is -0.133. The Labute approximate surface area is 116 Å². The van der Waals surface area contributed by atoms with Crippen molar-refractivity contribution < 1.29 is 9.53 Å². The van der Waals surface area contributed by atoms with Crippen LogP contribution in [0.4, 0.5) is 0 Å². The van der Waals surface area contributed by atoms with Gasteiger partial charge in [-0.05, 0) is 38.1 Å². The van der Waals surface area contributed by atoms with Gasteiger partial charge in [-0.25, -0.2) is 0 Å². The largest absolute Gasteiger partial charge is 0.384 e. The summed E-state index contributed by atoms with van der Waals surface area (Å²) in [5, 5.41) is 3.39. The maximum absolute atomic E-state index is 12.1. The molecule has 2 unspecified atom stereocenters. The van der Waals surface area contributed by atoms with Gasteiger partial charge in [-0.2, -0.15) is 0 Å². The van der Waals surface area contributed by atoms with Crippen LogP contribution < -0.4 is 5.32 Å². The second-order valence-corrected chi connectivity index (χ2v) is 5.30. The minimum atomic E-state index is 0. The monoisotopic (exact) mass is 276 g/mol. The van der Waals surface area contributed by atoms with Crippen LogP contribution in [-0.4, -0.2) is 50.2 Å². The van der Waals surface area contributed by atoms with Gasteiger partial charge in [0.2, 0.25) is 5.91 Å². The summed E-state index contributed by atoms with van der Waals surface area (Å²) in [5.41, 5.74) is 0. The first kappa shape index (κ1) is 15.7. The van der Waals surface area contributed by atoms with Crippen molar-refractivity contribution in [1.82, 2.24) is 10.2 Å². The van der Waals surface area contributed by atoms with E-state index in [1.54, 1.807) is 7.11 Å². The zero-order valence-electron chi connectivity index (χ0n) is 11.2. The van der Waals surface area contributed by atoms with E-state index in [1.807, 2.05) is 4.90 Å². The van der Waals surface area contributed by atoms with Crippen LogP contribution in [0.1, 0.15) is 32.1 Å². The number of likely N-dealkylation sites (tertiary alicyclic amines) is 1. The lowest BCUT2D eigenvalue weighted by Crippen LogP contribution is -2.43. The predicted molar refractivity (Wildman–Crippen MR) is 74.1 cm³/mol. The average Bonchev–Trinajstić information content (AvgIpc) is 2.83. The van der Waals surface area contributed by atoms with Gasteiger partial charge in [-0.3, -0.25) is 4.79 Å². The highest BCUT2D eigenvalue weighted by Gasteiger charge is 2.26. The molecule has 4 nitrogen and oxygen atoms in total. The summed E-state index contributed by atoms with van der Waals surface area (Å²) in [6.45, 7) is 3.68. The Balaban J connectivity index is 0.00000162. The van der Waals surface area contributed by atoms with E-state index in [2.05, 4.69) is 5.32 Å². The van der Waals surface area contributed by atoms with Gasteiger partial charge >= 0.3 is 0 Å². The smallest absolute Gasteiger partial charge is 0.224 e. The highest BCUT2D eigenvalue weighted by molar-refractivity contribution is 5.85. The van der Waals surface area contributed by atoms with Gasteiger partial charge in [0.15, 0.2) is 0 Å². The van der Waals surface area contributed by atoms with Gasteiger partial charge in [-0.1, -0.05) is 0 Å². The second-order valence-electron chi connectivity index (χ2n) is 5.30. The van der Waals surface area contributed by atoms with Crippen molar-refractivity contribution in [3.8, 4) is 0 Å². The third-order valence-corrected chi connectivity index (χ3v) is 3.86. The molecule has 0 bridgehead atoms. The molecule has 2 heterocycles. The molecule has 106 valence electrons. The van der Waals surface area contributed by atoms with Crippen LogP contribution in [0.2, 0.25) is 0 Å². The van der Waals surface area contributed by atoms with Crippen LogP contribution in [0.3, 0.4) is 0 Å². The van der Waals surface area contributed by atoms with Gasteiger partial charge in [0.1, 0.15) is 0 Å². The van der Waals surface area contributed by atoms with Crippen LogP contribution in [0.15, 0.2) is 0 Å². The molecule has 18 heavy (non-hydrogen) atoms.